The summed E-state index contributed by atoms with van der Waals surface area (Å²) in [6.07, 6.45) is -0.146. The van der Waals surface area contributed by atoms with Crippen molar-refractivity contribution in [1.82, 2.24) is 0 Å². The number of aliphatic carboxylic acids is 1. The van der Waals surface area contributed by atoms with Crippen LogP contribution in [-0.2, 0) is 4.79 Å². The van der Waals surface area contributed by atoms with E-state index in [1.807, 2.05) is 0 Å². The molecule has 5 heteroatoms. The number of phenols is 1. The van der Waals surface area contributed by atoms with Crippen molar-refractivity contribution in [2.24, 2.45) is 0 Å². The third kappa shape index (κ3) is 2.62. The summed E-state index contributed by atoms with van der Waals surface area (Å²) >= 11 is 1.27. The molecule has 1 aromatic carbocycles. The molecule has 4 nitrogen and oxygen atoms in total. The van der Waals surface area contributed by atoms with Crippen LogP contribution in [0.3, 0.4) is 0 Å². The Hall–Kier alpha value is -1.88. The summed E-state index contributed by atoms with van der Waals surface area (Å²) in [7, 11) is 0. The summed E-state index contributed by atoms with van der Waals surface area (Å²) in [5.41, 5.74) is 0. The number of thiophene rings is 1. The fourth-order valence-corrected chi connectivity index (χ4v) is 2.56. The van der Waals surface area contributed by atoms with E-state index in [-0.39, 0.29) is 24.4 Å². The number of carboxylic acids is 1. The largest absolute Gasteiger partial charge is 0.508 e. The molecule has 2 rings (SSSR count). The van der Waals surface area contributed by atoms with Crippen molar-refractivity contribution >= 4 is 33.2 Å². The number of hydrogen-bond donors (Lipinski definition) is 2. The van der Waals surface area contributed by atoms with Crippen LogP contribution in [0.1, 0.15) is 22.5 Å². The number of benzene rings is 1. The SMILES string of the molecule is O=C(O)CCC(=O)c1cc2ccc(O)cc2s1. The van der Waals surface area contributed by atoms with Gasteiger partial charge in [-0.05, 0) is 29.7 Å². The van der Waals surface area contributed by atoms with E-state index >= 15 is 0 Å². The van der Waals surface area contributed by atoms with E-state index in [0.717, 1.165) is 10.1 Å². The van der Waals surface area contributed by atoms with Gasteiger partial charge < -0.3 is 10.2 Å². The molecule has 0 aliphatic rings. The number of carbonyl (C=O) groups is 2. The van der Waals surface area contributed by atoms with Gasteiger partial charge in [-0.1, -0.05) is 0 Å². The minimum absolute atomic E-state index is 0.00807. The zero-order valence-corrected chi connectivity index (χ0v) is 9.66. The van der Waals surface area contributed by atoms with Crippen LogP contribution in [0, 0.1) is 0 Å². The Balaban J connectivity index is 2.24. The molecule has 0 unspecified atom stereocenters. The van der Waals surface area contributed by atoms with Crippen molar-refractivity contribution in [2.45, 2.75) is 12.8 Å². The molecule has 0 radical (unpaired) electrons. The van der Waals surface area contributed by atoms with Gasteiger partial charge in [0, 0.05) is 11.1 Å². The summed E-state index contributed by atoms with van der Waals surface area (Å²) in [5, 5.41) is 18.7. The molecular weight excluding hydrogens is 240 g/mol. The lowest BCUT2D eigenvalue weighted by Crippen LogP contribution is -2.01. The lowest BCUT2D eigenvalue weighted by molar-refractivity contribution is -0.136. The van der Waals surface area contributed by atoms with Crippen molar-refractivity contribution in [3.63, 3.8) is 0 Å². The molecule has 0 amide bonds. The summed E-state index contributed by atoms with van der Waals surface area (Å²) in [4.78, 5) is 22.6. The Labute approximate surface area is 101 Å². The van der Waals surface area contributed by atoms with Crippen molar-refractivity contribution in [1.29, 1.82) is 0 Å². The summed E-state index contributed by atoms with van der Waals surface area (Å²) in [5.74, 6) is -0.992. The van der Waals surface area contributed by atoms with Crippen LogP contribution in [0.5, 0.6) is 5.75 Å². The number of fused-ring (bicyclic) bond motifs is 1. The minimum Gasteiger partial charge on any atom is -0.508 e. The van der Waals surface area contributed by atoms with Crippen molar-refractivity contribution in [3.05, 3.63) is 29.1 Å². The average molecular weight is 250 g/mol. The molecule has 1 aromatic heterocycles. The number of ketones is 1. The number of hydrogen-bond acceptors (Lipinski definition) is 4. The number of carbonyl (C=O) groups excluding carboxylic acids is 1. The Morgan fingerprint density at radius 2 is 1.94 bits per heavy atom. The van der Waals surface area contributed by atoms with Gasteiger partial charge in [-0.25, -0.2) is 0 Å². The summed E-state index contributed by atoms with van der Waals surface area (Å²) in [6.45, 7) is 0. The number of carboxylic acid groups (broad SMARTS) is 1. The summed E-state index contributed by atoms with van der Waals surface area (Å²) < 4.78 is 0.823. The lowest BCUT2D eigenvalue weighted by Gasteiger charge is -1.92. The van der Waals surface area contributed by atoms with Gasteiger partial charge in [-0.15, -0.1) is 11.3 Å². The summed E-state index contributed by atoms with van der Waals surface area (Å²) in [6, 6.07) is 6.60. The topological polar surface area (TPSA) is 74.6 Å². The fraction of sp³-hybridized carbons (Fsp3) is 0.167. The van der Waals surface area contributed by atoms with E-state index in [1.165, 1.54) is 11.3 Å². The quantitative estimate of drug-likeness (QED) is 0.818. The van der Waals surface area contributed by atoms with Gasteiger partial charge in [0.1, 0.15) is 5.75 Å². The van der Waals surface area contributed by atoms with Gasteiger partial charge in [-0.2, -0.15) is 0 Å². The standard InChI is InChI=1S/C12H10O4S/c13-8-2-1-7-5-11(17-10(7)6-8)9(14)3-4-12(15)16/h1-2,5-6,13H,3-4H2,(H,15,16). The van der Waals surface area contributed by atoms with E-state index in [4.69, 9.17) is 5.11 Å². The van der Waals surface area contributed by atoms with E-state index in [0.29, 0.717) is 4.88 Å². The van der Waals surface area contributed by atoms with Gasteiger partial charge >= 0.3 is 5.97 Å². The maximum atomic E-state index is 11.7. The zero-order chi connectivity index (χ0) is 12.4. The molecule has 2 N–H and O–H groups in total. The van der Waals surface area contributed by atoms with Gasteiger partial charge in [0.15, 0.2) is 5.78 Å². The molecule has 0 spiro atoms. The predicted molar refractivity (Wildman–Crippen MR) is 64.7 cm³/mol. The molecule has 2 aromatic rings. The number of aromatic hydroxyl groups is 1. The normalized spacial score (nSPS) is 10.6. The van der Waals surface area contributed by atoms with Gasteiger partial charge in [-0.3, -0.25) is 9.59 Å². The molecule has 0 saturated carbocycles. The Kier molecular flexibility index (Phi) is 3.10. The Bertz CT molecular complexity index is 585. The number of rotatable bonds is 4. The van der Waals surface area contributed by atoms with Crippen molar-refractivity contribution < 1.29 is 19.8 Å². The Morgan fingerprint density at radius 1 is 1.18 bits per heavy atom. The first-order chi connectivity index (χ1) is 8.06. The molecule has 88 valence electrons. The number of Topliss-reactive ketones (excluding diaryl/α,β-unsaturated/α-hetero) is 1. The molecule has 1 heterocycles. The first-order valence-electron chi connectivity index (χ1n) is 5.04. The second-order valence-corrected chi connectivity index (χ2v) is 4.73. The van der Waals surface area contributed by atoms with E-state index in [1.54, 1.807) is 24.3 Å². The highest BCUT2D eigenvalue weighted by Gasteiger charge is 2.12. The van der Waals surface area contributed by atoms with Gasteiger partial charge in [0.2, 0.25) is 0 Å². The van der Waals surface area contributed by atoms with Crippen LogP contribution in [0.15, 0.2) is 24.3 Å². The Morgan fingerprint density at radius 3 is 2.65 bits per heavy atom. The van der Waals surface area contributed by atoms with Gasteiger partial charge in [0.05, 0.1) is 11.3 Å². The highest BCUT2D eigenvalue weighted by molar-refractivity contribution is 7.20. The van der Waals surface area contributed by atoms with Crippen LogP contribution in [0.4, 0.5) is 0 Å². The molecule has 17 heavy (non-hydrogen) atoms. The van der Waals surface area contributed by atoms with Crippen LogP contribution < -0.4 is 0 Å². The third-order valence-corrected chi connectivity index (χ3v) is 3.48. The molecule has 0 bridgehead atoms. The van der Waals surface area contributed by atoms with Crippen LogP contribution in [0.2, 0.25) is 0 Å². The molecule has 0 aliphatic carbocycles. The second kappa shape index (κ2) is 4.55. The third-order valence-electron chi connectivity index (χ3n) is 2.34. The monoisotopic (exact) mass is 250 g/mol. The van der Waals surface area contributed by atoms with Crippen molar-refractivity contribution in [3.8, 4) is 5.75 Å². The fourth-order valence-electron chi connectivity index (χ4n) is 1.50. The molecular formula is C12H10O4S. The molecule has 0 aliphatic heterocycles. The van der Waals surface area contributed by atoms with E-state index in [2.05, 4.69) is 0 Å². The zero-order valence-electron chi connectivity index (χ0n) is 8.84. The highest BCUT2D eigenvalue weighted by Crippen LogP contribution is 2.29. The van der Waals surface area contributed by atoms with Gasteiger partial charge in [0.25, 0.3) is 0 Å². The smallest absolute Gasteiger partial charge is 0.303 e. The maximum Gasteiger partial charge on any atom is 0.303 e. The first kappa shape index (κ1) is 11.6. The molecule has 0 fully saturated rings. The van der Waals surface area contributed by atoms with E-state index in [9.17, 15) is 14.7 Å². The number of phenolic OH excluding ortho intramolecular Hbond substituents is 1. The maximum absolute atomic E-state index is 11.7. The molecule has 0 saturated heterocycles. The van der Waals surface area contributed by atoms with Crippen LogP contribution in [-0.4, -0.2) is 22.0 Å². The average Bonchev–Trinajstić information content (AvgIpc) is 2.68. The minimum atomic E-state index is -0.975. The lowest BCUT2D eigenvalue weighted by atomic mass is 10.1. The van der Waals surface area contributed by atoms with Crippen molar-refractivity contribution in [2.75, 3.05) is 0 Å². The van der Waals surface area contributed by atoms with E-state index < -0.39 is 5.97 Å². The second-order valence-electron chi connectivity index (χ2n) is 3.65. The van der Waals surface area contributed by atoms with Crippen LogP contribution >= 0.6 is 11.3 Å². The molecule has 0 atom stereocenters. The van der Waals surface area contributed by atoms with Crippen LogP contribution in [0.25, 0.3) is 10.1 Å². The first-order valence-corrected chi connectivity index (χ1v) is 5.85. The predicted octanol–water partition coefficient (Wildman–Crippen LogP) is 2.65. The highest BCUT2D eigenvalue weighted by atomic mass is 32.1.